The normalized spacial score (nSPS) is 10.6. The van der Waals surface area contributed by atoms with Gasteiger partial charge in [0.1, 0.15) is 5.75 Å². The molecule has 1 amide bonds. The highest BCUT2D eigenvalue weighted by Crippen LogP contribution is 2.32. The highest BCUT2D eigenvalue weighted by Gasteiger charge is 2.08. The predicted molar refractivity (Wildman–Crippen MR) is 100 cm³/mol. The fraction of sp³-hybridized carbons (Fsp3) is 0.150. The summed E-state index contributed by atoms with van der Waals surface area (Å²) in [5, 5.41) is 5.06. The van der Waals surface area contributed by atoms with Crippen LogP contribution >= 0.6 is 15.9 Å². The molecule has 0 heterocycles. The second-order valence-corrected chi connectivity index (χ2v) is 6.44. The summed E-state index contributed by atoms with van der Waals surface area (Å²) < 4.78 is 6.52. The maximum absolute atomic E-state index is 12.0. The Balaban J connectivity index is 1.58. The quantitative estimate of drug-likeness (QED) is 0.698. The molecule has 0 spiro atoms. The number of hydrogen-bond donors (Lipinski definition) is 1. The zero-order valence-electron chi connectivity index (χ0n) is 13.4. The molecule has 3 rings (SSSR count). The van der Waals surface area contributed by atoms with Crippen LogP contribution in [0.15, 0.2) is 65.1 Å². The van der Waals surface area contributed by atoms with Gasteiger partial charge in [-0.1, -0.05) is 60.2 Å². The number of benzene rings is 3. The number of hydrogen-bond acceptors (Lipinski definition) is 2. The van der Waals surface area contributed by atoms with Crippen molar-refractivity contribution in [3.8, 4) is 5.75 Å². The third-order valence-electron chi connectivity index (χ3n) is 3.80. The molecule has 1 N–H and O–H groups in total. The first-order valence-corrected chi connectivity index (χ1v) is 8.55. The first-order valence-electron chi connectivity index (χ1n) is 7.76. The molecule has 3 aromatic rings. The summed E-state index contributed by atoms with van der Waals surface area (Å²) in [5.41, 5.74) is 2.27. The van der Waals surface area contributed by atoms with Gasteiger partial charge in [0.25, 0.3) is 5.91 Å². The summed E-state index contributed by atoms with van der Waals surface area (Å²) in [6, 6.07) is 20.0. The molecule has 122 valence electrons. The smallest absolute Gasteiger partial charge is 0.258 e. The highest BCUT2D eigenvalue weighted by molar-refractivity contribution is 9.10. The van der Waals surface area contributed by atoms with Gasteiger partial charge < -0.3 is 10.1 Å². The van der Waals surface area contributed by atoms with Crippen LogP contribution in [0.4, 0.5) is 0 Å². The lowest BCUT2D eigenvalue weighted by Crippen LogP contribution is -2.28. The topological polar surface area (TPSA) is 38.3 Å². The number of halogens is 1. The summed E-state index contributed by atoms with van der Waals surface area (Å²) in [6.45, 7) is 2.53. The van der Waals surface area contributed by atoms with Crippen LogP contribution in [0.2, 0.25) is 0 Å². The Labute approximate surface area is 149 Å². The molecule has 3 nitrogen and oxygen atoms in total. The van der Waals surface area contributed by atoms with Gasteiger partial charge in [-0.25, -0.2) is 0 Å². The Morgan fingerprint density at radius 1 is 1.04 bits per heavy atom. The molecular formula is C20H18BrNO2. The Morgan fingerprint density at radius 2 is 1.79 bits per heavy atom. The molecule has 24 heavy (non-hydrogen) atoms. The number of carbonyl (C=O) groups excluding carboxylic acids is 1. The Morgan fingerprint density at radius 3 is 2.58 bits per heavy atom. The number of aryl methyl sites for hydroxylation is 1. The van der Waals surface area contributed by atoms with Crippen molar-refractivity contribution in [2.75, 3.05) is 6.61 Å². The van der Waals surface area contributed by atoms with Crippen molar-refractivity contribution in [2.24, 2.45) is 0 Å². The van der Waals surface area contributed by atoms with Gasteiger partial charge in [0.2, 0.25) is 0 Å². The molecule has 4 heteroatoms. The van der Waals surface area contributed by atoms with E-state index in [0.29, 0.717) is 12.3 Å². The van der Waals surface area contributed by atoms with Crippen LogP contribution in [0.1, 0.15) is 11.1 Å². The van der Waals surface area contributed by atoms with Gasteiger partial charge >= 0.3 is 0 Å². The van der Waals surface area contributed by atoms with E-state index < -0.39 is 0 Å². The van der Waals surface area contributed by atoms with E-state index in [2.05, 4.69) is 21.2 Å². The van der Waals surface area contributed by atoms with Gasteiger partial charge in [0, 0.05) is 6.54 Å². The van der Waals surface area contributed by atoms with Crippen LogP contribution in [0, 0.1) is 6.92 Å². The number of fused-ring (bicyclic) bond motifs is 1. The molecule has 0 atom stereocenters. The van der Waals surface area contributed by atoms with Crippen LogP contribution < -0.4 is 10.1 Å². The van der Waals surface area contributed by atoms with Gasteiger partial charge in [0.05, 0.1) is 4.47 Å². The summed E-state index contributed by atoms with van der Waals surface area (Å²) in [5.74, 6) is 0.523. The second-order valence-electron chi connectivity index (χ2n) is 5.65. The Hall–Kier alpha value is -2.33. The van der Waals surface area contributed by atoms with Crippen molar-refractivity contribution in [1.82, 2.24) is 5.32 Å². The van der Waals surface area contributed by atoms with Crippen LogP contribution in [-0.2, 0) is 11.3 Å². The van der Waals surface area contributed by atoms with E-state index >= 15 is 0 Å². The van der Waals surface area contributed by atoms with E-state index in [9.17, 15) is 4.79 Å². The van der Waals surface area contributed by atoms with Crippen molar-refractivity contribution in [3.05, 3.63) is 76.3 Å². The standard InChI is InChI=1S/C20H18BrNO2/c1-14-6-8-15(9-7-14)12-22-19(23)13-24-18-11-10-16-4-2-3-5-17(16)20(18)21/h2-11H,12-13H2,1H3,(H,22,23). The van der Waals surface area contributed by atoms with Crippen LogP contribution in [0.3, 0.4) is 0 Å². The fourth-order valence-corrected chi connectivity index (χ4v) is 3.03. The minimum absolute atomic E-state index is 0.0111. The van der Waals surface area contributed by atoms with E-state index in [4.69, 9.17) is 4.74 Å². The Kier molecular flexibility index (Phi) is 5.16. The molecule has 0 saturated heterocycles. The first kappa shape index (κ1) is 16.5. The van der Waals surface area contributed by atoms with E-state index in [1.807, 2.05) is 67.6 Å². The SMILES string of the molecule is Cc1ccc(CNC(=O)COc2ccc3ccccc3c2Br)cc1. The van der Waals surface area contributed by atoms with Gasteiger partial charge in [-0.15, -0.1) is 0 Å². The summed E-state index contributed by atoms with van der Waals surface area (Å²) >= 11 is 3.56. The second kappa shape index (κ2) is 7.49. The molecule has 0 aliphatic heterocycles. The molecule has 0 bridgehead atoms. The number of carbonyl (C=O) groups is 1. The molecule has 0 fully saturated rings. The van der Waals surface area contributed by atoms with Gasteiger partial charge in [-0.05, 0) is 45.3 Å². The van der Waals surface area contributed by atoms with Crippen LogP contribution in [0.25, 0.3) is 10.8 Å². The summed E-state index contributed by atoms with van der Waals surface area (Å²) in [7, 11) is 0. The zero-order valence-corrected chi connectivity index (χ0v) is 15.0. The Bertz CT molecular complexity index is 859. The average Bonchev–Trinajstić information content (AvgIpc) is 2.61. The molecular weight excluding hydrogens is 366 g/mol. The molecule has 0 radical (unpaired) electrons. The van der Waals surface area contributed by atoms with Crippen molar-refractivity contribution >= 4 is 32.6 Å². The minimum atomic E-state index is -0.143. The number of rotatable bonds is 5. The zero-order chi connectivity index (χ0) is 16.9. The fourth-order valence-electron chi connectivity index (χ4n) is 2.43. The molecule has 0 unspecified atom stereocenters. The monoisotopic (exact) mass is 383 g/mol. The van der Waals surface area contributed by atoms with Crippen LogP contribution in [-0.4, -0.2) is 12.5 Å². The van der Waals surface area contributed by atoms with E-state index in [1.54, 1.807) is 0 Å². The number of nitrogens with one attached hydrogen (secondary N) is 1. The molecule has 0 aliphatic carbocycles. The van der Waals surface area contributed by atoms with Crippen LogP contribution in [0.5, 0.6) is 5.75 Å². The van der Waals surface area contributed by atoms with Crippen molar-refractivity contribution in [2.45, 2.75) is 13.5 Å². The lowest BCUT2D eigenvalue weighted by Gasteiger charge is -2.11. The largest absolute Gasteiger partial charge is 0.483 e. The minimum Gasteiger partial charge on any atom is -0.483 e. The molecule has 3 aromatic carbocycles. The average molecular weight is 384 g/mol. The molecule has 0 aromatic heterocycles. The van der Waals surface area contributed by atoms with Gasteiger partial charge in [0.15, 0.2) is 6.61 Å². The third-order valence-corrected chi connectivity index (χ3v) is 4.61. The predicted octanol–water partition coefficient (Wildman–Crippen LogP) is 4.61. The maximum atomic E-state index is 12.0. The highest BCUT2D eigenvalue weighted by atomic mass is 79.9. The number of ether oxygens (including phenoxy) is 1. The van der Waals surface area contributed by atoms with Crippen molar-refractivity contribution in [3.63, 3.8) is 0 Å². The lowest BCUT2D eigenvalue weighted by molar-refractivity contribution is -0.123. The molecule has 0 saturated carbocycles. The van der Waals surface area contributed by atoms with Crippen molar-refractivity contribution in [1.29, 1.82) is 0 Å². The van der Waals surface area contributed by atoms with E-state index in [-0.39, 0.29) is 12.5 Å². The van der Waals surface area contributed by atoms with Gasteiger partial charge in [-0.2, -0.15) is 0 Å². The van der Waals surface area contributed by atoms with E-state index in [1.165, 1.54) is 5.56 Å². The third kappa shape index (κ3) is 3.95. The van der Waals surface area contributed by atoms with E-state index in [0.717, 1.165) is 20.8 Å². The summed E-state index contributed by atoms with van der Waals surface area (Å²) in [4.78, 5) is 12.0. The van der Waals surface area contributed by atoms with Gasteiger partial charge in [-0.3, -0.25) is 4.79 Å². The maximum Gasteiger partial charge on any atom is 0.258 e. The first-order chi connectivity index (χ1) is 11.6. The lowest BCUT2D eigenvalue weighted by atomic mass is 10.1. The van der Waals surface area contributed by atoms with Crippen molar-refractivity contribution < 1.29 is 9.53 Å². The summed E-state index contributed by atoms with van der Waals surface area (Å²) in [6.07, 6.45) is 0. The molecule has 0 aliphatic rings. The number of amides is 1.